The largest absolute Gasteiger partial charge is 0.494 e. The highest BCUT2D eigenvalue weighted by molar-refractivity contribution is 6.62. The molecule has 2 heterocycles. The summed E-state index contributed by atoms with van der Waals surface area (Å²) in [6.07, 6.45) is 0.183. The summed E-state index contributed by atoms with van der Waals surface area (Å²) in [6.45, 7) is 9.16. The van der Waals surface area contributed by atoms with E-state index in [0.717, 1.165) is 16.6 Å². The number of nitrogens with zero attached hydrogens (tertiary/aromatic N) is 1. The molecular formula is C21H28BF2NO3. The Labute approximate surface area is 165 Å². The second-order valence-electron chi connectivity index (χ2n) is 9.44. The van der Waals surface area contributed by atoms with Crippen LogP contribution in [0.5, 0.6) is 0 Å². The molecule has 4 nitrogen and oxygen atoms in total. The van der Waals surface area contributed by atoms with E-state index in [4.69, 9.17) is 9.31 Å². The molecule has 0 unspecified atom stereocenters. The summed E-state index contributed by atoms with van der Waals surface area (Å²) in [7, 11) is -0.430. The van der Waals surface area contributed by atoms with Crippen molar-refractivity contribution >= 4 is 18.5 Å². The summed E-state index contributed by atoms with van der Waals surface area (Å²) in [6, 6.07) is 6.08. The van der Waals surface area contributed by atoms with Crippen molar-refractivity contribution in [1.29, 1.82) is 0 Å². The number of carbonyl (C=O) groups excluding carboxylic acids is 1. The molecule has 1 aromatic carbocycles. The van der Waals surface area contributed by atoms with E-state index in [1.807, 2.05) is 39.8 Å². The number of benzene rings is 1. The maximum atomic E-state index is 13.4. The zero-order chi connectivity index (χ0) is 20.3. The summed E-state index contributed by atoms with van der Waals surface area (Å²) in [5.41, 5.74) is 2.34. The van der Waals surface area contributed by atoms with E-state index in [0.29, 0.717) is 13.1 Å². The molecule has 4 rings (SSSR count). The first-order valence-corrected chi connectivity index (χ1v) is 10.1. The summed E-state index contributed by atoms with van der Waals surface area (Å²) in [5.74, 6) is -2.89. The second-order valence-corrected chi connectivity index (χ2v) is 9.44. The number of hydrogen-bond acceptors (Lipinski definition) is 3. The van der Waals surface area contributed by atoms with Crippen LogP contribution in [0.1, 0.15) is 64.5 Å². The summed E-state index contributed by atoms with van der Waals surface area (Å²) in [5, 5.41) is 0. The van der Waals surface area contributed by atoms with Gasteiger partial charge in [-0.25, -0.2) is 8.78 Å². The molecule has 7 heteroatoms. The van der Waals surface area contributed by atoms with E-state index < -0.39 is 24.2 Å². The summed E-state index contributed by atoms with van der Waals surface area (Å²) >= 11 is 0. The van der Waals surface area contributed by atoms with Crippen LogP contribution in [-0.4, -0.2) is 35.1 Å². The molecule has 3 aliphatic rings. The Balaban J connectivity index is 1.44. The van der Waals surface area contributed by atoms with Gasteiger partial charge >= 0.3 is 7.12 Å². The number of alkyl halides is 2. The molecule has 0 bridgehead atoms. The molecule has 1 amide bonds. The molecule has 0 spiro atoms. The lowest BCUT2D eigenvalue weighted by Gasteiger charge is -2.32. The average molecular weight is 391 g/mol. The Kier molecular flexibility index (Phi) is 4.62. The predicted molar refractivity (Wildman–Crippen MR) is 103 cm³/mol. The van der Waals surface area contributed by atoms with Gasteiger partial charge in [-0.05, 0) is 57.1 Å². The quantitative estimate of drug-likeness (QED) is 0.723. The third-order valence-electron chi connectivity index (χ3n) is 6.86. The van der Waals surface area contributed by atoms with Gasteiger partial charge in [0, 0.05) is 31.8 Å². The van der Waals surface area contributed by atoms with Gasteiger partial charge in [0.2, 0.25) is 11.8 Å². The third-order valence-corrected chi connectivity index (χ3v) is 6.86. The van der Waals surface area contributed by atoms with Gasteiger partial charge in [-0.2, -0.15) is 0 Å². The van der Waals surface area contributed by atoms with Crippen LogP contribution >= 0.6 is 0 Å². The van der Waals surface area contributed by atoms with Crippen molar-refractivity contribution in [3.8, 4) is 0 Å². The lowest BCUT2D eigenvalue weighted by molar-refractivity contribution is -0.140. The number of rotatable bonds is 2. The molecule has 152 valence electrons. The van der Waals surface area contributed by atoms with Crippen LogP contribution in [0.15, 0.2) is 18.2 Å². The molecule has 1 saturated carbocycles. The standard InChI is InChI=1S/C21H28BF2NO3/c1-19(2)20(3,4)28-22(27-19)17-6-5-15-12-25(13-16(15)11-17)18(26)14-7-9-21(23,24)10-8-14/h5-6,11,14H,7-10,12-13H2,1-4H3. The zero-order valence-corrected chi connectivity index (χ0v) is 17.1. The Bertz CT molecular complexity index is 770. The van der Waals surface area contributed by atoms with Gasteiger partial charge in [0.25, 0.3) is 0 Å². The maximum Gasteiger partial charge on any atom is 0.494 e. The van der Waals surface area contributed by atoms with E-state index in [-0.39, 0.29) is 37.5 Å². The molecule has 28 heavy (non-hydrogen) atoms. The minimum atomic E-state index is -2.61. The average Bonchev–Trinajstić information content (AvgIpc) is 3.11. The smallest absolute Gasteiger partial charge is 0.399 e. The van der Waals surface area contributed by atoms with Crippen molar-refractivity contribution in [2.75, 3.05) is 0 Å². The van der Waals surface area contributed by atoms with Crippen LogP contribution in [-0.2, 0) is 27.2 Å². The highest BCUT2D eigenvalue weighted by Crippen LogP contribution is 2.39. The van der Waals surface area contributed by atoms with Gasteiger partial charge in [0.05, 0.1) is 11.2 Å². The van der Waals surface area contributed by atoms with Crippen LogP contribution in [0.4, 0.5) is 8.78 Å². The Morgan fingerprint density at radius 2 is 1.61 bits per heavy atom. The van der Waals surface area contributed by atoms with Crippen LogP contribution in [0.3, 0.4) is 0 Å². The highest BCUT2D eigenvalue weighted by Gasteiger charge is 2.52. The lowest BCUT2D eigenvalue weighted by Crippen LogP contribution is -2.41. The van der Waals surface area contributed by atoms with Crippen molar-refractivity contribution in [1.82, 2.24) is 4.90 Å². The van der Waals surface area contributed by atoms with Crippen LogP contribution in [0.25, 0.3) is 0 Å². The predicted octanol–water partition coefficient (Wildman–Crippen LogP) is 3.65. The molecule has 0 atom stereocenters. The second kappa shape index (κ2) is 6.53. The SMILES string of the molecule is CC1(C)OB(c2ccc3c(c2)CN(C(=O)C2CCC(F)(F)CC2)C3)OC1(C)C. The maximum absolute atomic E-state index is 13.4. The Hall–Kier alpha value is -1.47. The molecule has 1 saturated heterocycles. The van der Waals surface area contributed by atoms with E-state index in [9.17, 15) is 13.6 Å². The summed E-state index contributed by atoms with van der Waals surface area (Å²) in [4.78, 5) is 14.6. The van der Waals surface area contributed by atoms with Gasteiger partial charge < -0.3 is 14.2 Å². The fraction of sp³-hybridized carbons (Fsp3) is 0.667. The molecule has 0 N–H and O–H groups in total. The van der Waals surface area contributed by atoms with Gasteiger partial charge in [-0.3, -0.25) is 4.79 Å². The van der Waals surface area contributed by atoms with Gasteiger partial charge in [-0.15, -0.1) is 0 Å². The van der Waals surface area contributed by atoms with Crippen LogP contribution in [0.2, 0.25) is 0 Å². The number of fused-ring (bicyclic) bond motifs is 1. The van der Waals surface area contributed by atoms with E-state index in [2.05, 4.69) is 6.07 Å². The zero-order valence-electron chi connectivity index (χ0n) is 17.1. The van der Waals surface area contributed by atoms with Crippen LogP contribution in [0, 0.1) is 5.92 Å². The molecule has 1 aromatic rings. The van der Waals surface area contributed by atoms with E-state index in [1.165, 1.54) is 0 Å². The summed E-state index contributed by atoms with van der Waals surface area (Å²) < 4.78 is 39.0. The van der Waals surface area contributed by atoms with Gasteiger partial charge in [-0.1, -0.05) is 18.2 Å². The fourth-order valence-electron chi connectivity index (χ4n) is 4.24. The van der Waals surface area contributed by atoms with Crippen molar-refractivity contribution in [2.45, 2.75) is 83.6 Å². The molecule has 0 radical (unpaired) electrons. The van der Waals surface area contributed by atoms with Crippen molar-refractivity contribution in [3.63, 3.8) is 0 Å². The van der Waals surface area contributed by atoms with E-state index in [1.54, 1.807) is 4.90 Å². The minimum Gasteiger partial charge on any atom is -0.399 e. The molecule has 2 aliphatic heterocycles. The molecular weight excluding hydrogens is 363 g/mol. The van der Waals surface area contributed by atoms with Gasteiger partial charge in [0.1, 0.15) is 0 Å². The number of hydrogen-bond donors (Lipinski definition) is 0. The van der Waals surface area contributed by atoms with Crippen molar-refractivity contribution in [3.05, 3.63) is 29.3 Å². The lowest BCUT2D eigenvalue weighted by atomic mass is 9.78. The first-order chi connectivity index (χ1) is 13.0. The monoisotopic (exact) mass is 391 g/mol. The number of halogens is 2. The van der Waals surface area contributed by atoms with E-state index >= 15 is 0 Å². The Morgan fingerprint density at radius 3 is 2.21 bits per heavy atom. The van der Waals surface area contributed by atoms with Crippen molar-refractivity contribution < 1.29 is 22.9 Å². The first-order valence-electron chi connectivity index (χ1n) is 10.1. The third kappa shape index (κ3) is 3.48. The highest BCUT2D eigenvalue weighted by atomic mass is 19.3. The molecule has 0 aromatic heterocycles. The fourth-order valence-corrected chi connectivity index (χ4v) is 4.24. The van der Waals surface area contributed by atoms with Gasteiger partial charge in [0.15, 0.2) is 0 Å². The number of amides is 1. The Morgan fingerprint density at radius 1 is 1.04 bits per heavy atom. The minimum absolute atomic E-state index is 0.00360. The first kappa shape index (κ1) is 19.8. The molecule has 1 aliphatic carbocycles. The topological polar surface area (TPSA) is 38.8 Å². The molecule has 2 fully saturated rings. The normalized spacial score (nSPS) is 25.8. The number of carbonyl (C=O) groups is 1. The van der Waals surface area contributed by atoms with Crippen molar-refractivity contribution in [2.24, 2.45) is 5.92 Å². The van der Waals surface area contributed by atoms with Crippen LogP contribution < -0.4 is 5.46 Å².